The normalized spacial score (nSPS) is 19.5. The molecule has 8 nitrogen and oxygen atoms in total. The summed E-state index contributed by atoms with van der Waals surface area (Å²) >= 11 is 0. The molecule has 9 heteroatoms. The van der Waals surface area contributed by atoms with Crippen LogP contribution in [-0.2, 0) is 19.7 Å². The molecule has 172 valence electrons. The van der Waals surface area contributed by atoms with Crippen molar-refractivity contribution in [2.45, 2.75) is 78.0 Å². The number of halogens is 1. The monoisotopic (exact) mass is 437 g/mol. The smallest absolute Gasteiger partial charge is 0.428 e. The van der Waals surface area contributed by atoms with Gasteiger partial charge in [0.05, 0.1) is 12.1 Å². The summed E-state index contributed by atoms with van der Waals surface area (Å²) in [4.78, 5) is 30.9. The standard InChI is InChI=1S/C22H32FN3O5/c1-20(2,3)30-18(27)26(19(28)31-21(4,5)6)17-25-22(7,11-8-12-29-17)15-13-14(24)9-10-16(15)23/h9-10,13H,8,11-12,24H2,1-7H3/t22-/m0/s1. The summed E-state index contributed by atoms with van der Waals surface area (Å²) in [6.45, 7) is 11.9. The first kappa shape index (κ1) is 24.4. The fourth-order valence-electron chi connectivity index (χ4n) is 2.99. The number of aliphatic imine (C=N–C) groups is 1. The number of amidine groups is 1. The molecule has 0 radical (unpaired) electrons. The van der Waals surface area contributed by atoms with E-state index in [1.54, 1.807) is 48.5 Å². The van der Waals surface area contributed by atoms with E-state index in [1.165, 1.54) is 18.2 Å². The van der Waals surface area contributed by atoms with Gasteiger partial charge in [-0.25, -0.2) is 19.0 Å². The van der Waals surface area contributed by atoms with E-state index in [4.69, 9.17) is 19.9 Å². The van der Waals surface area contributed by atoms with Gasteiger partial charge in [0.15, 0.2) is 0 Å². The van der Waals surface area contributed by atoms with E-state index >= 15 is 0 Å². The minimum atomic E-state index is -1.13. The Bertz CT molecular complexity index is 845. The van der Waals surface area contributed by atoms with Gasteiger partial charge in [0.1, 0.15) is 17.0 Å². The van der Waals surface area contributed by atoms with Crippen molar-refractivity contribution in [2.75, 3.05) is 12.3 Å². The van der Waals surface area contributed by atoms with Gasteiger partial charge >= 0.3 is 18.2 Å². The van der Waals surface area contributed by atoms with E-state index < -0.39 is 34.7 Å². The lowest BCUT2D eigenvalue weighted by Crippen LogP contribution is -2.48. The quantitative estimate of drug-likeness (QED) is 0.623. The van der Waals surface area contributed by atoms with Crippen LogP contribution in [0.2, 0.25) is 0 Å². The molecule has 1 aliphatic rings. The Morgan fingerprint density at radius 3 is 2.19 bits per heavy atom. The third kappa shape index (κ3) is 6.57. The zero-order valence-corrected chi connectivity index (χ0v) is 19.2. The number of carbonyl (C=O) groups excluding carboxylic acids is 2. The topological polar surface area (TPSA) is 103 Å². The summed E-state index contributed by atoms with van der Waals surface area (Å²) in [7, 11) is 0. The Hall–Kier alpha value is -2.84. The van der Waals surface area contributed by atoms with Gasteiger partial charge in [-0.15, -0.1) is 4.90 Å². The number of nitrogens with zero attached hydrogens (tertiary/aromatic N) is 2. The molecule has 0 unspecified atom stereocenters. The van der Waals surface area contributed by atoms with Crippen LogP contribution in [0.15, 0.2) is 23.2 Å². The summed E-state index contributed by atoms with van der Waals surface area (Å²) in [6.07, 6.45) is -1.09. The van der Waals surface area contributed by atoms with Gasteiger partial charge in [0.25, 0.3) is 0 Å². The first-order valence-corrected chi connectivity index (χ1v) is 10.2. The second-order valence-corrected chi connectivity index (χ2v) is 9.66. The molecule has 0 fully saturated rings. The minimum Gasteiger partial charge on any atom is -0.464 e. The maximum Gasteiger partial charge on any atom is 0.428 e. The molecule has 2 rings (SSSR count). The molecule has 1 atom stereocenters. The van der Waals surface area contributed by atoms with Crippen molar-refractivity contribution in [1.29, 1.82) is 0 Å². The van der Waals surface area contributed by atoms with Crippen molar-refractivity contribution < 1.29 is 28.2 Å². The molecule has 1 aromatic carbocycles. The first-order valence-electron chi connectivity index (χ1n) is 10.2. The highest BCUT2D eigenvalue weighted by Crippen LogP contribution is 2.36. The predicted octanol–water partition coefficient (Wildman–Crippen LogP) is 4.96. The Labute approximate surface area is 182 Å². The van der Waals surface area contributed by atoms with Gasteiger partial charge in [-0.2, -0.15) is 0 Å². The van der Waals surface area contributed by atoms with E-state index in [2.05, 4.69) is 4.99 Å². The lowest BCUT2D eigenvalue weighted by atomic mass is 9.87. The lowest BCUT2D eigenvalue weighted by molar-refractivity contribution is 0.0101. The number of ether oxygens (including phenoxy) is 3. The third-order valence-corrected chi connectivity index (χ3v) is 4.30. The van der Waals surface area contributed by atoms with E-state index in [1.807, 2.05) is 0 Å². The van der Waals surface area contributed by atoms with Crippen LogP contribution < -0.4 is 5.73 Å². The summed E-state index contributed by atoms with van der Waals surface area (Å²) in [5, 5.41) is 0. The van der Waals surface area contributed by atoms with Crippen molar-refractivity contribution >= 4 is 23.9 Å². The van der Waals surface area contributed by atoms with Crippen LogP contribution in [0.3, 0.4) is 0 Å². The average molecular weight is 438 g/mol. The van der Waals surface area contributed by atoms with E-state index in [-0.39, 0.29) is 18.2 Å². The van der Waals surface area contributed by atoms with Crippen molar-refractivity contribution in [3.63, 3.8) is 0 Å². The van der Waals surface area contributed by atoms with Crippen molar-refractivity contribution in [3.8, 4) is 0 Å². The lowest BCUT2D eigenvalue weighted by Gasteiger charge is -2.30. The molecule has 0 aliphatic carbocycles. The van der Waals surface area contributed by atoms with Gasteiger partial charge in [-0.3, -0.25) is 0 Å². The number of carbonyl (C=O) groups is 2. The molecule has 2 amide bonds. The Balaban J connectivity index is 2.57. The van der Waals surface area contributed by atoms with Crippen molar-refractivity contribution in [3.05, 3.63) is 29.6 Å². The fourth-order valence-corrected chi connectivity index (χ4v) is 2.99. The minimum absolute atomic E-state index is 0.167. The zero-order chi connectivity index (χ0) is 23.6. The summed E-state index contributed by atoms with van der Waals surface area (Å²) in [5.74, 6) is -0.497. The highest BCUT2D eigenvalue weighted by Gasteiger charge is 2.40. The number of nitrogen functional groups attached to an aromatic ring is 1. The van der Waals surface area contributed by atoms with Crippen LogP contribution in [-0.4, -0.2) is 40.9 Å². The number of nitrogens with two attached hydrogens (primary N) is 1. The van der Waals surface area contributed by atoms with Crippen LogP contribution in [0.4, 0.5) is 19.7 Å². The predicted molar refractivity (Wildman–Crippen MR) is 115 cm³/mol. The highest BCUT2D eigenvalue weighted by atomic mass is 19.1. The zero-order valence-electron chi connectivity index (χ0n) is 19.2. The molecular weight excluding hydrogens is 405 g/mol. The molecule has 0 saturated heterocycles. The molecule has 0 spiro atoms. The van der Waals surface area contributed by atoms with E-state index in [0.29, 0.717) is 23.4 Å². The van der Waals surface area contributed by atoms with Crippen LogP contribution in [0.5, 0.6) is 0 Å². The second kappa shape index (κ2) is 8.72. The number of rotatable bonds is 1. The molecule has 2 N–H and O–H groups in total. The second-order valence-electron chi connectivity index (χ2n) is 9.66. The molecule has 1 aliphatic heterocycles. The van der Waals surface area contributed by atoms with Gasteiger partial charge in [0, 0.05) is 11.3 Å². The molecule has 0 bridgehead atoms. The summed E-state index contributed by atoms with van der Waals surface area (Å²) in [5.41, 5.74) is 3.57. The van der Waals surface area contributed by atoms with E-state index in [9.17, 15) is 14.0 Å². The van der Waals surface area contributed by atoms with Gasteiger partial charge in [-0.1, -0.05) is 0 Å². The number of amides is 2. The SMILES string of the molecule is CC(C)(C)OC(=O)N(C(=O)OC(C)(C)C)C1=N[C@](C)(c2cc(N)ccc2F)CCCO1. The number of benzene rings is 1. The number of anilines is 1. The Morgan fingerprint density at radius 2 is 1.68 bits per heavy atom. The first-order chi connectivity index (χ1) is 14.1. The van der Waals surface area contributed by atoms with Crippen LogP contribution in [0.1, 0.15) is 66.9 Å². The van der Waals surface area contributed by atoms with E-state index in [0.717, 1.165) is 0 Å². The maximum atomic E-state index is 14.7. The summed E-state index contributed by atoms with van der Waals surface area (Å²) in [6, 6.07) is 3.89. The molecule has 1 aromatic rings. The van der Waals surface area contributed by atoms with Gasteiger partial charge in [0.2, 0.25) is 0 Å². The Kier molecular flexibility index (Phi) is 6.87. The van der Waals surface area contributed by atoms with Gasteiger partial charge < -0.3 is 19.9 Å². The van der Waals surface area contributed by atoms with Crippen LogP contribution in [0, 0.1) is 5.82 Å². The number of imide groups is 1. The number of hydrogen-bond donors (Lipinski definition) is 1. The fraction of sp³-hybridized carbons (Fsp3) is 0.591. The average Bonchev–Trinajstić information content (AvgIpc) is 2.76. The summed E-state index contributed by atoms with van der Waals surface area (Å²) < 4.78 is 31.1. The highest BCUT2D eigenvalue weighted by molar-refractivity contribution is 6.06. The molecule has 0 saturated carbocycles. The maximum absolute atomic E-state index is 14.7. The van der Waals surface area contributed by atoms with Crippen molar-refractivity contribution in [1.82, 2.24) is 4.90 Å². The van der Waals surface area contributed by atoms with Crippen LogP contribution in [0.25, 0.3) is 0 Å². The molecule has 0 aromatic heterocycles. The molecular formula is C22H32FN3O5. The Morgan fingerprint density at radius 1 is 1.13 bits per heavy atom. The molecule has 1 heterocycles. The third-order valence-electron chi connectivity index (χ3n) is 4.30. The number of hydrogen-bond acceptors (Lipinski definition) is 7. The van der Waals surface area contributed by atoms with Crippen molar-refractivity contribution in [2.24, 2.45) is 4.99 Å². The molecule has 31 heavy (non-hydrogen) atoms. The largest absolute Gasteiger partial charge is 0.464 e. The van der Waals surface area contributed by atoms with Gasteiger partial charge in [-0.05, 0) is 79.5 Å². The van der Waals surface area contributed by atoms with Crippen LogP contribution >= 0.6 is 0 Å².